The molecule has 2 heterocycles. The zero-order valence-electron chi connectivity index (χ0n) is 10.1. The fourth-order valence-electron chi connectivity index (χ4n) is 2.17. The van der Waals surface area contributed by atoms with Gasteiger partial charge in [-0.25, -0.2) is 9.97 Å². The molecule has 4 nitrogen and oxygen atoms in total. The second-order valence-corrected chi connectivity index (χ2v) is 4.74. The topological polar surface area (TPSA) is 56.7 Å². The summed E-state index contributed by atoms with van der Waals surface area (Å²) >= 11 is 0. The van der Waals surface area contributed by atoms with E-state index >= 15 is 0 Å². The van der Waals surface area contributed by atoms with Crippen molar-refractivity contribution in [3.05, 3.63) is 35.4 Å². The Hall–Kier alpha value is -1.84. The summed E-state index contributed by atoms with van der Waals surface area (Å²) in [5.41, 5.74) is 9.96. The SMILES string of the molecule is Cc1ccc(C)n1-c1ncc(N)c(C2CC2)n1. The lowest BCUT2D eigenvalue weighted by molar-refractivity contribution is 0.847. The molecule has 4 heteroatoms. The van der Waals surface area contributed by atoms with Gasteiger partial charge in [-0.2, -0.15) is 0 Å². The van der Waals surface area contributed by atoms with Gasteiger partial charge in [-0.05, 0) is 38.8 Å². The molecule has 0 spiro atoms. The second kappa shape index (κ2) is 3.58. The van der Waals surface area contributed by atoms with Crippen LogP contribution in [-0.4, -0.2) is 14.5 Å². The quantitative estimate of drug-likeness (QED) is 0.858. The van der Waals surface area contributed by atoms with Crippen molar-refractivity contribution in [1.82, 2.24) is 14.5 Å². The molecule has 2 aromatic rings. The molecule has 0 atom stereocenters. The molecular weight excluding hydrogens is 212 g/mol. The highest BCUT2D eigenvalue weighted by atomic mass is 15.2. The van der Waals surface area contributed by atoms with Gasteiger partial charge in [-0.15, -0.1) is 0 Å². The maximum absolute atomic E-state index is 5.93. The molecule has 0 saturated heterocycles. The van der Waals surface area contributed by atoms with E-state index in [4.69, 9.17) is 5.73 Å². The van der Waals surface area contributed by atoms with Gasteiger partial charge in [-0.1, -0.05) is 0 Å². The Balaban J connectivity index is 2.12. The lowest BCUT2D eigenvalue weighted by Crippen LogP contribution is -2.08. The van der Waals surface area contributed by atoms with E-state index in [1.54, 1.807) is 6.20 Å². The molecule has 0 amide bonds. The van der Waals surface area contributed by atoms with E-state index < -0.39 is 0 Å². The van der Waals surface area contributed by atoms with Crippen LogP contribution in [0.1, 0.15) is 35.8 Å². The van der Waals surface area contributed by atoms with Crippen LogP contribution in [0.5, 0.6) is 0 Å². The average molecular weight is 228 g/mol. The van der Waals surface area contributed by atoms with Gasteiger partial charge in [0.15, 0.2) is 0 Å². The van der Waals surface area contributed by atoms with E-state index in [9.17, 15) is 0 Å². The number of aromatic nitrogens is 3. The van der Waals surface area contributed by atoms with Gasteiger partial charge in [0, 0.05) is 17.3 Å². The highest BCUT2D eigenvalue weighted by Crippen LogP contribution is 2.41. The van der Waals surface area contributed by atoms with Gasteiger partial charge in [0.2, 0.25) is 5.95 Å². The highest BCUT2D eigenvalue weighted by molar-refractivity contribution is 5.46. The summed E-state index contributed by atoms with van der Waals surface area (Å²) in [4.78, 5) is 8.97. The first-order valence-corrected chi connectivity index (χ1v) is 5.94. The van der Waals surface area contributed by atoms with Crippen LogP contribution in [0.15, 0.2) is 18.3 Å². The minimum Gasteiger partial charge on any atom is -0.396 e. The maximum Gasteiger partial charge on any atom is 0.234 e. The smallest absolute Gasteiger partial charge is 0.234 e. The monoisotopic (exact) mass is 228 g/mol. The second-order valence-electron chi connectivity index (χ2n) is 4.74. The molecule has 1 aliphatic carbocycles. The molecule has 1 aliphatic rings. The summed E-state index contributed by atoms with van der Waals surface area (Å²) in [5, 5.41) is 0. The molecular formula is C13H16N4. The van der Waals surface area contributed by atoms with Gasteiger partial charge in [-0.3, -0.25) is 4.57 Å². The van der Waals surface area contributed by atoms with Crippen LogP contribution in [-0.2, 0) is 0 Å². The zero-order valence-corrected chi connectivity index (χ0v) is 10.1. The lowest BCUT2D eigenvalue weighted by atomic mass is 10.2. The molecule has 0 bridgehead atoms. The summed E-state index contributed by atoms with van der Waals surface area (Å²) in [6.45, 7) is 4.12. The first-order chi connectivity index (χ1) is 8.16. The molecule has 0 aliphatic heterocycles. The Kier molecular flexibility index (Phi) is 2.18. The minimum atomic E-state index is 0.549. The van der Waals surface area contributed by atoms with Crippen LogP contribution in [0.25, 0.3) is 5.95 Å². The molecule has 1 fully saturated rings. The zero-order chi connectivity index (χ0) is 12.0. The van der Waals surface area contributed by atoms with E-state index in [2.05, 4.69) is 40.5 Å². The van der Waals surface area contributed by atoms with Crippen molar-refractivity contribution in [3.8, 4) is 5.95 Å². The summed E-state index contributed by atoms with van der Waals surface area (Å²) in [6, 6.07) is 4.15. The van der Waals surface area contributed by atoms with Crippen molar-refractivity contribution in [3.63, 3.8) is 0 Å². The fraction of sp³-hybridized carbons (Fsp3) is 0.385. The molecule has 0 radical (unpaired) electrons. The third kappa shape index (κ3) is 1.69. The number of hydrogen-bond donors (Lipinski definition) is 1. The number of nitrogen functional groups attached to an aromatic ring is 1. The van der Waals surface area contributed by atoms with Crippen LogP contribution in [0.2, 0.25) is 0 Å². The molecule has 2 N–H and O–H groups in total. The normalized spacial score (nSPS) is 15.2. The Morgan fingerprint density at radius 2 is 1.88 bits per heavy atom. The van der Waals surface area contributed by atoms with Crippen molar-refractivity contribution in [2.45, 2.75) is 32.6 Å². The summed E-state index contributed by atoms with van der Waals surface area (Å²) < 4.78 is 2.06. The van der Waals surface area contributed by atoms with Crippen LogP contribution in [0, 0.1) is 13.8 Å². The van der Waals surface area contributed by atoms with E-state index in [1.807, 2.05) is 0 Å². The average Bonchev–Trinajstić information content (AvgIpc) is 3.08. The van der Waals surface area contributed by atoms with Crippen LogP contribution < -0.4 is 5.73 Å². The molecule has 1 saturated carbocycles. The van der Waals surface area contributed by atoms with Gasteiger partial charge < -0.3 is 5.73 Å². The van der Waals surface area contributed by atoms with Gasteiger partial charge in [0.05, 0.1) is 17.6 Å². The van der Waals surface area contributed by atoms with E-state index in [0.717, 1.165) is 28.7 Å². The van der Waals surface area contributed by atoms with Crippen molar-refractivity contribution < 1.29 is 0 Å². The molecule has 17 heavy (non-hydrogen) atoms. The first kappa shape index (κ1) is 10.3. The summed E-state index contributed by atoms with van der Waals surface area (Å²) in [6.07, 6.45) is 4.13. The molecule has 88 valence electrons. The number of rotatable bonds is 2. The Morgan fingerprint density at radius 3 is 2.47 bits per heavy atom. The molecule has 2 aromatic heterocycles. The van der Waals surface area contributed by atoms with Crippen molar-refractivity contribution in [2.75, 3.05) is 5.73 Å². The van der Waals surface area contributed by atoms with Crippen molar-refractivity contribution in [1.29, 1.82) is 0 Å². The molecule has 0 unspecified atom stereocenters. The van der Waals surface area contributed by atoms with Gasteiger partial charge >= 0.3 is 0 Å². The van der Waals surface area contributed by atoms with Crippen LogP contribution in [0.4, 0.5) is 5.69 Å². The molecule has 3 rings (SSSR count). The van der Waals surface area contributed by atoms with E-state index in [1.165, 1.54) is 12.8 Å². The third-order valence-electron chi connectivity index (χ3n) is 3.27. The third-order valence-corrected chi connectivity index (χ3v) is 3.27. The fourth-order valence-corrected chi connectivity index (χ4v) is 2.17. The predicted octanol–water partition coefficient (Wildman–Crippen LogP) is 2.34. The number of aryl methyl sites for hydroxylation is 2. The van der Waals surface area contributed by atoms with Crippen molar-refractivity contribution in [2.24, 2.45) is 0 Å². The predicted molar refractivity (Wildman–Crippen MR) is 67.2 cm³/mol. The largest absolute Gasteiger partial charge is 0.396 e. The number of nitrogens with zero attached hydrogens (tertiary/aromatic N) is 3. The first-order valence-electron chi connectivity index (χ1n) is 5.94. The summed E-state index contributed by atoms with van der Waals surface area (Å²) in [7, 11) is 0. The Labute approximate surface area is 101 Å². The lowest BCUT2D eigenvalue weighted by Gasteiger charge is -2.10. The Morgan fingerprint density at radius 1 is 1.24 bits per heavy atom. The van der Waals surface area contributed by atoms with E-state index in [0.29, 0.717) is 5.92 Å². The van der Waals surface area contributed by atoms with Gasteiger partial charge in [0.1, 0.15) is 0 Å². The number of nitrogens with two attached hydrogens (primary N) is 1. The van der Waals surface area contributed by atoms with Crippen LogP contribution in [0.3, 0.4) is 0 Å². The molecule has 0 aromatic carbocycles. The standard InChI is InChI=1S/C13H16N4/c1-8-3-4-9(2)17(8)13-15-7-11(14)12(16-13)10-5-6-10/h3-4,7,10H,5-6,14H2,1-2H3. The number of anilines is 1. The van der Waals surface area contributed by atoms with Crippen LogP contribution >= 0.6 is 0 Å². The highest BCUT2D eigenvalue weighted by Gasteiger charge is 2.28. The van der Waals surface area contributed by atoms with Crippen molar-refractivity contribution >= 4 is 5.69 Å². The minimum absolute atomic E-state index is 0.549. The Bertz CT molecular complexity index is 547. The summed E-state index contributed by atoms with van der Waals surface area (Å²) in [5.74, 6) is 1.29. The van der Waals surface area contributed by atoms with Gasteiger partial charge in [0.25, 0.3) is 0 Å². The number of hydrogen-bond acceptors (Lipinski definition) is 3. The van der Waals surface area contributed by atoms with E-state index in [-0.39, 0.29) is 0 Å². The maximum atomic E-state index is 5.93.